The van der Waals surface area contributed by atoms with Crippen LogP contribution in [0, 0.1) is 16.0 Å². The molecule has 2 amide bonds. The molecule has 0 bridgehead atoms. The summed E-state index contributed by atoms with van der Waals surface area (Å²) in [5.41, 5.74) is 6.26. The number of hydrogen-bond donors (Lipinski definition) is 1. The second-order valence-corrected chi connectivity index (χ2v) is 9.74. The third-order valence-electron chi connectivity index (χ3n) is 6.22. The standard InChI is InChI=1S/C25H22ClN3O6S/c1-35-13-19(30)28-22(14-5-3-8-17(12-14)29(33)34)21(24(31)15-6-2-7-16(26)11-15)20(23(28)25(27)32)18-9-4-10-36-18/h2-12,20-23H,13H2,1H3,(H2,27,32). The Labute approximate surface area is 215 Å². The highest BCUT2D eigenvalue weighted by Crippen LogP contribution is 2.52. The zero-order valence-corrected chi connectivity index (χ0v) is 20.6. The summed E-state index contributed by atoms with van der Waals surface area (Å²) in [5.74, 6) is -3.51. The maximum absolute atomic E-state index is 14.1. The number of carbonyl (C=O) groups excluding carboxylic acids is 3. The van der Waals surface area contributed by atoms with Gasteiger partial charge in [-0.1, -0.05) is 41.9 Å². The number of amides is 2. The molecule has 1 saturated heterocycles. The Morgan fingerprint density at radius 3 is 2.50 bits per heavy atom. The molecule has 0 aliphatic carbocycles. The lowest BCUT2D eigenvalue weighted by molar-refractivity contribution is -0.385. The summed E-state index contributed by atoms with van der Waals surface area (Å²) < 4.78 is 5.06. The molecule has 4 unspecified atom stereocenters. The largest absolute Gasteiger partial charge is 0.375 e. The first-order valence-electron chi connectivity index (χ1n) is 10.9. The fourth-order valence-corrected chi connectivity index (χ4v) is 5.97. The molecule has 4 rings (SSSR count). The van der Waals surface area contributed by atoms with Crippen LogP contribution in [0.25, 0.3) is 0 Å². The number of rotatable bonds is 8. The van der Waals surface area contributed by atoms with E-state index in [1.165, 1.54) is 47.6 Å². The minimum Gasteiger partial charge on any atom is -0.375 e. The van der Waals surface area contributed by atoms with Gasteiger partial charge in [0.15, 0.2) is 5.78 Å². The number of likely N-dealkylation sites (tertiary alicyclic amines) is 1. The number of ketones is 1. The van der Waals surface area contributed by atoms with E-state index in [1.807, 2.05) is 0 Å². The Balaban J connectivity index is 1.99. The number of nitro benzene ring substituents is 1. The molecule has 1 aliphatic rings. The highest BCUT2D eigenvalue weighted by molar-refractivity contribution is 7.10. The molecule has 2 N–H and O–H groups in total. The zero-order chi connectivity index (χ0) is 26.0. The normalized spacial score (nSPS) is 21.3. The number of non-ortho nitro benzene ring substituents is 1. The van der Waals surface area contributed by atoms with Crippen molar-refractivity contribution in [2.45, 2.75) is 18.0 Å². The van der Waals surface area contributed by atoms with Crippen LogP contribution in [0.1, 0.15) is 32.8 Å². The average molecular weight is 528 g/mol. The van der Waals surface area contributed by atoms with Crippen molar-refractivity contribution in [1.82, 2.24) is 4.90 Å². The van der Waals surface area contributed by atoms with Crippen molar-refractivity contribution in [2.24, 2.45) is 11.7 Å². The maximum atomic E-state index is 14.1. The molecule has 3 aromatic rings. The predicted molar refractivity (Wildman–Crippen MR) is 134 cm³/mol. The molecule has 4 atom stereocenters. The number of Topliss-reactive ketones (excluding diaryl/α,β-unsaturated/α-hetero) is 1. The molecule has 1 aromatic heterocycles. The van der Waals surface area contributed by atoms with Gasteiger partial charge in [-0.2, -0.15) is 0 Å². The Morgan fingerprint density at radius 2 is 1.89 bits per heavy atom. The second kappa shape index (κ2) is 10.6. The smallest absolute Gasteiger partial charge is 0.269 e. The minimum absolute atomic E-state index is 0.212. The molecule has 1 aliphatic heterocycles. The summed E-state index contributed by atoms with van der Waals surface area (Å²) in [4.78, 5) is 53.3. The molecule has 2 aromatic carbocycles. The molecule has 0 saturated carbocycles. The third-order valence-corrected chi connectivity index (χ3v) is 7.43. The Hall–Kier alpha value is -3.60. The van der Waals surface area contributed by atoms with Crippen LogP contribution in [-0.4, -0.2) is 47.2 Å². The number of primary amides is 1. The summed E-state index contributed by atoms with van der Waals surface area (Å²) in [6, 6.07) is 13.4. The number of nitro groups is 1. The lowest BCUT2D eigenvalue weighted by Gasteiger charge is -2.30. The number of ether oxygens (including phenoxy) is 1. The zero-order valence-electron chi connectivity index (χ0n) is 19.1. The highest BCUT2D eigenvalue weighted by Gasteiger charge is 2.57. The van der Waals surface area contributed by atoms with Crippen LogP contribution in [0.3, 0.4) is 0 Å². The van der Waals surface area contributed by atoms with Gasteiger partial charge < -0.3 is 15.4 Å². The summed E-state index contributed by atoms with van der Waals surface area (Å²) >= 11 is 7.49. The van der Waals surface area contributed by atoms with Crippen molar-refractivity contribution in [3.63, 3.8) is 0 Å². The summed E-state index contributed by atoms with van der Waals surface area (Å²) in [7, 11) is 1.33. The number of thiophene rings is 1. The SMILES string of the molecule is COCC(=O)N1C(C(N)=O)C(c2cccs2)C(C(=O)c2cccc(Cl)c2)C1c1cccc([N+](=O)[O-])c1. The number of halogens is 1. The topological polar surface area (TPSA) is 133 Å². The molecule has 0 radical (unpaired) electrons. The number of hydrogen-bond acceptors (Lipinski definition) is 7. The molecule has 186 valence electrons. The van der Waals surface area contributed by atoms with E-state index in [0.717, 1.165) is 0 Å². The first-order valence-corrected chi connectivity index (χ1v) is 12.2. The van der Waals surface area contributed by atoms with Crippen LogP contribution in [0.4, 0.5) is 5.69 Å². The van der Waals surface area contributed by atoms with E-state index in [1.54, 1.807) is 41.8 Å². The van der Waals surface area contributed by atoms with E-state index in [-0.39, 0.29) is 23.6 Å². The van der Waals surface area contributed by atoms with Gasteiger partial charge in [0.25, 0.3) is 5.69 Å². The molecule has 11 heteroatoms. The molecular weight excluding hydrogens is 506 g/mol. The average Bonchev–Trinajstić information content (AvgIpc) is 3.50. The van der Waals surface area contributed by atoms with Crippen LogP contribution in [0.2, 0.25) is 5.02 Å². The van der Waals surface area contributed by atoms with E-state index in [0.29, 0.717) is 15.5 Å². The van der Waals surface area contributed by atoms with Crippen molar-refractivity contribution in [3.8, 4) is 0 Å². The summed E-state index contributed by atoms with van der Waals surface area (Å²) in [6.45, 7) is -0.371. The van der Waals surface area contributed by atoms with E-state index in [4.69, 9.17) is 22.1 Å². The monoisotopic (exact) mass is 527 g/mol. The Kier molecular flexibility index (Phi) is 7.48. The number of benzene rings is 2. The highest BCUT2D eigenvalue weighted by atomic mass is 35.5. The van der Waals surface area contributed by atoms with Crippen LogP contribution < -0.4 is 5.73 Å². The first kappa shape index (κ1) is 25.5. The Morgan fingerprint density at radius 1 is 1.14 bits per heavy atom. The second-order valence-electron chi connectivity index (χ2n) is 8.32. The Bertz CT molecular complexity index is 1310. The van der Waals surface area contributed by atoms with Crippen molar-refractivity contribution in [2.75, 3.05) is 13.7 Å². The van der Waals surface area contributed by atoms with Gasteiger partial charge in [-0.3, -0.25) is 24.5 Å². The molecular formula is C25H22ClN3O6S. The predicted octanol–water partition coefficient (Wildman–Crippen LogP) is 3.98. The summed E-state index contributed by atoms with van der Waals surface area (Å²) in [5, 5.41) is 13.7. The lowest BCUT2D eigenvalue weighted by atomic mass is 9.78. The molecule has 1 fully saturated rings. The molecule has 2 heterocycles. The minimum atomic E-state index is -1.19. The van der Waals surface area contributed by atoms with Gasteiger partial charge in [-0.25, -0.2) is 0 Å². The number of nitrogens with zero attached hydrogens (tertiary/aromatic N) is 2. The number of nitrogens with two attached hydrogens (primary N) is 1. The van der Waals surface area contributed by atoms with Crippen LogP contribution >= 0.6 is 22.9 Å². The molecule has 9 nitrogen and oxygen atoms in total. The van der Waals surface area contributed by atoms with Crippen LogP contribution in [0.15, 0.2) is 66.0 Å². The van der Waals surface area contributed by atoms with Crippen molar-refractivity contribution < 1.29 is 24.0 Å². The van der Waals surface area contributed by atoms with Gasteiger partial charge in [0.2, 0.25) is 11.8 Å². The van der Waals surface area contributed by atoms with Crippen molar-refractivity contribution >= 4 is 46.2 Å². The van der Waals surface area contributed by atoms with Gasteiger partial charge >= 0.3 is 0 Å². The van der Waals surface area contributed by atoms with Gasteiger partial charge in [-0.15, -0.1) is 11.3 Å². The fraction of sp³-hybridized carbons (Fsp3) is 0.240. The number of carbonyl (C=O) groups is 3. The summed E-state index contributed by atoms with van der Waals surface area (Å²) in [6.07, 6.45) is 0. The number of methoxy groups -OCH3 is 1. The van der Waals surface area contributed by atoms with Gasteiger partial charge in [-0.05, 0) is 29.1 Å². The van der Waals surface area contributed by atoms with E-state index < -0.39 is 40.7 Å². The first-order chi connectivity index (χ1) is 17.2. The fourth-order valence-electron chi connectivity index (χ4n) is 4.88. The van der Waals surface area contributed by atoms with E-state index >= 15 is 0 Å². The maximum Gasteiger partial charge on any atom is 0.269 e. The van der Waals surface area contributed by atoms with E-state index in [9.17, 15) is 24.5 Å². The van der Waals surface area contributed by atoms with Crippen LogP contribution in [0.5, 0.6) is 0 Å². The third kappa shape index (κ3) is 4.75. The quantitative estimate of drug-likeness (QED) is 0.267. The van der Waals surface area contributed by atoms with Gasteiger partial charge in [0.05, 0.1) is 16.9 Å². The van der Waals surface area contributed by atoms with Gasteiger partial charge in [0, 0.05) is 40.6 Å². The van der Waals surface area contributed by atoms with Crippen LogP contribution in [-0.2, 0) is 14.3 Å². The van der Waals surface area contributed by atoms with Gasteiger partial charge in [0.1, 0.15) is 12.6 Å². The van der Waals surface area contributed by atoms with Crippen molar-refractivity contribution in [1.29, 1.82) is 0 Å². The van der Waals surface area contributed by atoms with E-state index in [2.05, 4.69) is 0 Å². The molecule has 0 spiro atoms. The van der Waals surface area contributed by atoms with Crippen molar-refractivity contribution in [3.05, 3.63) is 97.2 Å². The molecule has 36 heavy (non-hydrogen) atoms. The lowest BCUT2D eigenvalue weighted by Crippen LogP contribution is -2.47.